The summed E-state index contributed by atoms with van der Waals surface area (Å²) in [7, 11) is 0. The molecule has 0 aliphatic rings. The normalized spacial score (nSPS) is 10.0. The van der Waals surface area contributed by atoms with E-state index in [1.807, 2.05) is 0 Å². The number of aromatic nitrogens is 1. The van der Waals surface area contributed by atoms with E-state index in [-0.39, 0.29) is 6.42 Å². The van der Waals surface area contributed by atoms with Gasteiger partial charge in [0.15, 0.2) is 0 Å². The number of hydrogen-bond donors (Lipinski definition) is 2. The van der Waals surface area contributed by atoms with Crippen molar-refractivity contribution >= 4 is 27.7 Å². The molecular weight excluding hydrogens is 236 g/mol. The number of hydrogen-bond acceptors (Lipinski definition) is 3. The number of nitrogens with two attached hydrogens (primary N) is 1. The summed E-state index contributed by atoms with van der Waals surface area (Å²) in [5.74, 6) is -0.584. The Kier molecular flexibility index (Phi) is 2.87. The van der Waals surface area contributed by atoms with E-state index >= 15 is 0 Å². The van der Waals surface area contributed by atoms with E-state index in [1.165, 1.54) is 0 Å². The molecule has 0 saturated heterocycles. The largest absolute Gasteiger partial charge is 0.481 e. The molecule has 1 aromatic heterocycles. The van der Waals surface area contributed by atoms with Gasteiger partial charge in [-0.3, -0.25) is 4.79 Å². The molecule has 5 heteroatoms. The third-order valence-corrected chi connectivity index (χ3v) is 2.25. The molecule has 0 fully saturated rings. The van der Waals surface area contributed by atoms with Crippen LogP contribution in [0.3, 0.4) is 0 Å². The van der Waals surface area contributed by atoms with Crippen LogP contribution in [-0.4, -0.2) is 16.1 Å². The number of carboxylic acid groups (broad SMARTS) is 1. The molecule has 13 heavy (non-hydrogen) atoms. The monoisotopic (exact) mass is 244 g/mol. The van der Waals surface area contributed by atoms with Gasteiger partial charge in [0.2, 0.25) is 0 Å². The SMILES string of the molecule is Cc1cc(Br)c(N)nc1CC(=O)O. The standard InChI is InChI=1S/C8H9BrN2O2/c1-4-2-5(9)8(10)11-6(4)3-7(12)13/h2H,3H2,1H3,(H2,10,11)(H,12,13). The molecule has 0 aliphatic heterocycles. The number of rotatable bonds is 2. The van der Waals surface area contributed by atoms with Crippen LogP contribution in [0.5, 0.6) is 0 Å². The summed E-state index contributed by atoms with van der Waals surface area (Å²) in [5.41, 5.74) is 6.84. The predicted molar refractivity (Wildman–Crippen MR) is 52.4 cm³/mol. The summed E-state index contributed by atoms with van der Waals surface area (Å²) in [6.45, 7) is 1.80. The maximum Gasteiger partial charge on any atom is 0.309 e. The van der Waals surface area contributed by atoms with Crippen molar-refractivity contribution in [2.24, 2.45) is 0 Å². The van der Waals surface area contributed by atoms with Gasteiger partial charge in [-0.05, 0) is 34.5 Å². The van der Waals surface area contributed by atoms with Crippen molar-refractivity contribution < 1.29 is 9.90 Å². The number of halogens is 1. The molecule has 0 unspecified atom stereocenters. The minimum absolute atomic E-state index is 0.0939. The number of nitrogen functional groups attached to an aromatic ring is 1. The van der Waals surface area contributed by atoms with Crippen molar-refractivity contribution in [2.45, 2.75) is 13.3 Å². The Hall–Kier alpha value is -1.10. The summed E-state index contributed by atoms with van der Waals surface area (Å²) in [4.78, 5) is 14.4. The van der Waals surface area contributed by atoms with Crippen LogP contribution in [-0.2, 0) is 11.2 Å². The highest BCUT2D eigenvalue weighted by Gasteiger charge is 2.08. The Labute approximate surface area is 83.9 Å². The second kappa shape index (κ2) is 3.74. The average molecular weight is 245 g/mol. The minimum Gasteiger partial charge on any atom is -0.481 e. The van der Waals surface area contributed by atoms with Gasteiger partial charge in [-0.1, -0.05) is 0 Å². The second-order valence-corrected chi connectivity index (χ2v) is 3.54. The van der Waals surface area contributed by atoms with Gasteiger partial charge < -0.3 is 10.8 Å². The van der Waals surface area contributed by atoms with E-state index in [4.69, 9.17) is 10.8 Å². The van der Waals surface area contributed by atoms with Gasteiger partial charge in [-0.2, -0.15) is 0 Å². The Morgan fingerprint density at radius 2 is 2.38 bits per heavy atom. The summed E-state index contributed by atoms with van der Waals surface area (Å²) in [6.07, 6.45) is -0.0939. The van der Waals surface area contributed by atoms with Crippen LogP contribution in [0.25, 0.3) is 0 Å². The van der Waals surface area contributed by atoms with Crippen LogP contribution in [0.1, 0.15) is 11.3 Å². The molecule has 0 aliphatic carbocycles. The third kappa shape index (κ3) is 2.42. The molecule has 1 aromatic rings. The first-order chi connectivity index (χ1) is 6.00. The smallest absolute Gasteiger partial charge is 0.309 e. The van der Waals surface area contributed by atoms with Gasteiger partial charge in [0, 0.05) is 0 Å². The summed E-state index contributed by atoms with van der Waals surface area (Å²) >= 11 is 3.21. The van der Waals surface area contributed by atoms with Gasteiger partial charge in [-0.25, -0.2) is 4.98 Å². The van der Waals surface area contributed by atoms with Crippen LogP contribution >= 0.6 is 15.9 Å². The molecule has 1 rings (SSSR count). The number of aliphatic carboxylic acids is 1. The van der Waals surface area contributed by atoms with Crippen molar-refractivity contribution in [1.82, 2.24) is 4.98 Å². The van der Waals surface area contributed by atoms with Crippen molar-refractivity contribution in [1.29, 1.82) is 0 Å². The van der Waals surface area contributed by atoms with E-state index in [1.54, 1.807) is 13.0 Å². The Morgan fingerprint density at radius 1 is 1.77 bits per heavy atom. The molecule has 0 spiro atoms. The molecule has 4 nitrogen and oxygen atoms in total. The number of anilines is 1. The molecule has 1 heterocycles. The van der Waals surface area contributed by atoms with Gasteiger partial charge in [-0.15, -0.1) is 0 Å². The molecule has 3 N–H and O–H groups in total. The fraction of sp³-hybridized carbons (Fsp3) is 0.250. The van der Waals surface area contributed by atoms with E-state index < -0.39 is 5.97 Å². The Morgan fingerprint density at radius 3 is 2.92 bits per heavy atom. The Balaban J connectivity index is 3.08. The summed E-state index contributed by atoms with van der Waals surface area (Å²) < 4.78 is 0.694. The highest BCUT2D eigenvalue weighted by Crippen LogP contribution is 2.20. The number of pyridine rings is 1. The summed E-state index contributed by atoms with van der Waals surface area (Å²) in [5, 5.41) is 8.56. The van der Waals surface area contributed by atoms with E-state index in [2.05, 4.69) is 20.9 Å². The van der Waals surface area contributed by atoms with Crippen LogP contribution in [0.4, 0.5) is 5.82 Å². The lowest BCUT2D eigenvalue weighted by Gasteiger charge is -2.04. The maximum atomic E-state index is 10.4. The first-order valence-corrected chi connectivity index (χ1v) is 4.43. The number of carbonyl (C=O) groups is 1. The second-order valence-electron chi connectivity index (χ2n) is 2.69. The number of nitrogens with zero attached hydrogens (tertiary/aromatic N) is 1. The lowest BCUT2D eigenvalue weighted by atomic mass is 10.1. The summed E-state index contributed by atoms with van der Waals surface area (Å²) in [6, 6.07) is 1.76. The van der Waals surface area contributed by atoms with Gasteiger partial charge in [0.05, 0.1) is 16.6 Å². The van der Waals surface area contributed by atoms with E-state index in [0.29, 0.717) is 16.0 Å². The molecule has 0 atom stereocenters. The first kappa shape index (κ1) is 9.98. The van der Waals surface area contributed by atoms with Crippen molar-refractivity contribution in [2.75, 3.05) is 5.73 Å². The average Bonchev–Trinajstić information content (AvgIpc) is 1.99. The molecule has 0 radical (unpaired) electrons. The molecule has 0 aromatic carbocycles. The lowest BCUT2D eigenvalue weighted by Crippen LogP contribution is -2.06. The molecular formula is C8H9BrN2O2. The van der Waals surface area contributed by atoms with E-state index in [0.717, 1.165) is 5.56 Å². The van der Waals surface area contributed by atoms with Crippen LogP contribution in [0, 0.1) is 6.92 Å². The molecule has 70 valence electrons. The fourth-order valence-electron chi connectivity index (χ4n) is 0.957. The number of aryl methyl sites for hydroxylation is 1. The third-order valence-electron chi connectivity index (χ3n) is 1.62. The molecule has 0 saturated carbocycles. The first-order valence-electron chi connectivity index (χ1n) is 3.64. The van der Waals surface area contributed by atoms with Gasteiger partial charge in [0.25, 0.3) is 0 Å². The minimum atomic E-state index is -0.905. The molecule has 0 amide bonds. The quantitative estimate of drug-likeness (QED) is 0.824. The van der Waals surface area contributed by atoms with Crippen molar-refractivity contribution in [3.63, 3.8) is 0 Å². The van der Waals surface area contributed by atoms with Crippen LogP contribution in [0.2, 0.25) is 0 Å². The van der Waals surface area contributed by atoms with Gasteiger partial charge >= 0.3 is 5.97 Å². The Bertz CT molecular complexity index is 352. The highest BCUT2D eigenvalue weighted by atomic mass is 79.9. The lowest BCUT2D eigenvalue weighted by molar-refractivity contribution is -0.136. The van der Waals surface area contributed by atoms with Crippen molar-refractivity contribution in [3.05, 3.63) is 21.8 Å². The van der Waals surface area contributed by atoms with Gasteiger partial charge in [0.1, 0.15) is 5.82 Å². The van der Waals surface area contributed by atoms with Crippen LogP contribution in [0.15, 0.2) is 10.5 Å². The maximum absolute atomic E-state index is 10.4. The predicted octanol–water partition coefficient (Wildman–Crippen LogP) is 1.36. The topological polar surface area (TPSA) is 76.2 Å². The molecule has 0 bridgehead atoms. The zero-order valence-electron chi connectivity index (χ0n) is 7.04. The zero-order chi connectivity index (χ0) is 10.0. The zero-order valence-corrected chi connectivity index (χ0v) is 8.63. The number of carboxylic acids is 1. The highest BCUT2D eigenvalue weighted by molar-refractivity contribution is 9.10. The van der Waals surface area contributed by atoms with Crippen LogP contribution < -0.4 is 5.73 Å². The van der Waals surface area contributed by atoms with Crippen molar-refractivity contribution in [3.8, 4) is 0 Å². The fourth-order valence-corrected chi connectivity index (χ4v) is 1.39. The van der Waals surface area contributed by atoms with E-state index in [9.17, 15) is 4.79 Å².